The van der Waals surface area contributed by atoms with Crippen molar-refractivity contribution in [2.75, 3.05) is 6.61 Å². The maximum Gasteiger partial charge on any atom is 0.306 e. The molecule has 0 amide bonds. The first-order valence-corrected chi connectivity index (χ1v) is 12.0. The summed E-state index contributed by atoms with van der Waals surface area (Å²) in [6.45, 7) is 6.88. The molecule has 0 N–H and O–H groups in total. The highest BCUT2D eigenvalue weighted by Crippen LogP contribution is 2.12. The molecule has 0 aromatic rings. The first-order chi connectivity index (χ1) is 13.6. The van der Waals surface area contributed by atoms with Crippen LogP contribution in [-0.2, 0) is 19.1 Å². The predicted molar refractivity (Wildman–Crippen MR) is 116 cm³/mol. The Labute approximate surface area is 174 Å². The van der Waals surface area contributed by atoms with Gasteiger partial charge in [-0.15, -0.1) is 0 Å². The maximum absolute atomic E-state index is 11.8. The van der Waals surface area contributed by atoms with Gasteiger partial charge in [-0.1, -0.05) is 91.4 Å². The predicted octanol–water partition coefficient (Wildman–Crippen LogP) is 7.13. The van der Waals surface area contributed by atoms with Crippen LogP contribution in [-0.4, -0.2) is 24.6 Å². The number of carbonyl (C=O) groups is 2. The highest BCUT2D eigenvalue weighted by molar-refractivity contribution is 5.72. The summed E-state index contributed by atoms with van der Waals surface area (Å²) in [5, 5.41) is 0. The number of esters is 2. The number of ether oxygens (including phenoxy) is 2. The minimum atomic E-state index is -0.196. The van der Waals surface area contributed by atoms with E-state index in [0.29, 0.717) is 25.9 Å². The van der Waals surface area contributed by atoms with Gasteiger partial charge in [-0.05, 0) is 25.7 Å². The lowest BCUT2D eigenvalue weighted by Crippen LogP contribution is -2.17. The van der Waals surface area contributed by atoms with Gasteiger partial charge in [-0.2, -0.15) is 0 Å². The van der Waals surface area contributed by atoms with Gasteiger partial charge in [0.05, 0.1) is 6.61 Å². The van der Waals surface area contributed by atoms with Crippen molar-refractivity contribution < 1.29 is 19.1 Å². The van der Waals surface area contributed by atoms with Gasteiger partial charge in [-0.3, -0.25) is 9.59 Å². The molecule has 0 aliphatic rings. The molecule has 0 rings (SSSR count). The van der Waals surface area contributed by atoms with E-state index in [9.17, 15) is 9.59 Å². The third kappa shape index (κ3) is 18.3. The van der Waals surface area contributed by atoms with Crippen LogP contribution >= 0.6 is 0 Å². The third-order valence-electron chi connectivity index (χ3n) is 5.14. The summed E-state index contributed by atoms with van der Waals surface area (Å²) in [4.78, 5) is 23.5. The van der Waals surface area contributed by atoms with E-state index in [1.807, 2.05) is 6.92 Å². The Kier molecular flexibility index (Phi) is 19.9. The van der Waals surface area contributed by atoms with Crippen LogP contribution in [0, 0.1) is 0 Å². The lowest BCUT2D eigenvalue weighted by molar-refractivity contribution is -0.150. The van der Waals surface area contributed by atoms with Crippen LogP contribution in [0.1, 0.15) is 130 Å². The second-order valence-corrected chi connectivity index (χ2v) is 7.92. The van der Waals surface area contributed by atoms with Gasteiger partial charge in [-0.25, -0.2) is 0 Å². The van der Waals surface area contributed by atoms with E-state index in [4.69, 9.17) is 9.47 Å². The van der Waals surface area contributed by atoms with Crippen LogP contribution in [0.4, 0.5) is 0 Å². The van der Waals surface area contributed by atoms with Crippen LogP contribution < -0.4 is 0 Å². The van der Waals surface area contributed by atoms with E-state index in [-0.39, 0.29) is 18.0 Å². The summed E-state index contributed by atoms with van der Waals surface area (Å²) in [6, 6.07) is 0. The van der Waals surface area contributed by atoms with Crippen molar-refractivity contribution in [2.24, 2.45) is 0 Å². The standard InChI is InChI=1S/C24H46O4/c1-4-7-8-9-10-11-12-13-14-15-16-21-27-23(25)19-17-20-24(26)28-22(6-3)18-5-2/h22H,4-21H2,1-3H3. The molecule has 0 spiro atoms. The van der Waals surface area contributed by atoms with Crippen molar-refractivity contribution in [1.82, 2.24) is 0 Å². The summed E-state index contributed by atoms with van der Waals surface area (Å²) < 4.78 is 10.7. The number of rotatable bonds is 20. The Bertz CT molecular complexity index is 368. The van der Waals surface area contributed by atoms with Gasteiger partial charge >= 0.3 is 11.9 Å². The van der Waals surface area contributed by atoms with Crippen LogP contribution in [0.15, 0.2) is 0 Å². The van der Waals surface area contributed by atoms with E-state index in [2.05, 4.69) is 13.8 Å². The summed E-state index contributed by atoms with van der Waals surface area (Å²) in [6.07, 6.45) is 18.0. The summed E-state index contributed by atoms with van der Waals surface area (Å²) in [7, 11) is 0. The molecule has 0 fully saturated rings. The van der Waals surface area contributed by atoms with Crippen molar-refractivity contribution in [3.05, 3.63) is 0 Å². The monoisotopic (exact) mass is 398 g/mol. The fourth-order valence-electron chi connectivity index (χ4n) is 3.31. The summed E-state index contributed by atoms with van der Waals surface area (Å²) in [5.74, 6) is -0.390. The molecule has 166 valence electrons. The highest BCUT2D eigenvalue weighted by atomic mass is 16.5. The summed E-state index contributed by atoms with van der Waals surface area (Å²) in [5.41, 5.74) is 0. The topological polar surface area (TPSA) is 52.6 Å². The Morgan fingerprint density at radius 3 is 1.71 bits per heavy atom. The molecule has 1 unspecified atom stereocenters. The molecule has 4 heteroatoms. The molecule has 1 atom stereocenters. The second kappa shape index (κ2) is 20.7. The number of unbranched alkanes of at least 4 members (excludes halogenated alkanes) is 10. The minimum Gasteiger partial charge on any atom is -0.466 e. The molecule has 0 aromatic heterocycles. The molecule has 0 aliphatic heterocycles. The minimum absolute atomic E-state index is 0.0190. The molecule has 0 saturated carbocycles. The average Bonchev–Trinajstić information content (AvgIpc) is 2.68. The van der Waals surface area contributed by atoms with Crippen molar-refractivity contribution in [3.63, 3.8) is 0 Å². The molecule has 0 bridgehead atoms. The molecule has 0 saturated heterocycles. The SMILES string of the molecule is CCCCCCCCCCCCCOC(=O)CCCC(=O)OC(CC)CCC. The molecule has 0 radical (unpaired) electrons. The van der Waals surface area contributed by atoms with Gasteiger partial charge in [0.1, 0.15) is 6.10 Å². The van der Waals surface area contributed by atoms with Crippen molar-refractivity contribution in [2.45, 2.75) is 136 Å². The zero-order chi connectivity index (χ0) is 20.9. The number of carbonyl (C=O) groups excluding carboxylic acids is 2. The fraction of sp³-hybridized carbons (Fsp3) is 0.917. The molecular weight excluding hydrogens is 352 g/mol. The van der Waals surface area contributed by atoms with Crippen molar-refractivity contribution >= 4 is 11.9 Å². The fourth-order valence-corrected chi connectivity index (χ4v) is 3.31. The zero-order valence-electron chi connectivity index (χ0n) is 18.9. The lowest BCUT2D eigenvalue weighted by Gasteiger charge is -2.15. The van der Waals surface area contributed by atoms with E-state index < -0.39 is 0 Å². The van der Waals surface area contributed by atoms with Gasteiger partial charge in [0.15, 0.2) is 0 Å². The molecule has 4 nitrogen and oxygen atoms in total. The molecule has 28 heavy (non-hydrogen) atoms. The van der Waals surface area contributed by atoms with Gasteiger partial charge in [0.2, 0.25) is 0 Å². The molecular formula is C24H46O4. The largest absolute Gasteiger partial charge is 0.466 e. The Hall–Kier alpha value is -1.06. The normalized spacial score (nSPS) is 12.0. The second-order valence-electron chi connectivity index (χ2n) is 7.92. The van der Waals surface area contributed by atoms with Gasteiger partial charge in [0.25, 0.3) is 0 Å². The quantitative estimate of drug-likeness (QED) is 0.162. The smallest absolute Gasteiger partial charge is 0.306 e. The zero-order valence-corrected chi connectivity index (χ0v) is 18.9. The van der Waals surface area contributed by atoms with Crippen LogP contribution in [0.25, 0.3) is 0 Å². The summed E-state index contributed by atoms with van der Waals surface area (Å²) >= 11 is 0. The Balaban J connectivity index is 3.40. The van der Waals surface area contributed by atoms with Crippen molar-refractivity contribution in [1.29, 1.82) is 0 Å². The third-order valence-corrected chi connectivity index (χ3v) is 5.14. The lowest BCUT2D eigenvalue weighted by atomic mass is 10.1. The van der Waals surface area contributed by atoms with E-state index in [1.54, 1.807) is 0 Å². The first-order valence-electron chi connectivity index (χ1n) is 12.0. The molecule has 0 heterocycles. The number of hydrogen-bond acceptors (Lipinski definition) is 4. The van der Waals surface area contributed by atoms with Gasteiger partial charge < -0.3 is 9.47 Å². The van der Waals surface area contributed by atoms with Crippen LogP contribution in [0.5, 0.6) is 0 Å². The van der Waals surface area contributed by atoms with Crippen LogP contribution in [0.3, 0.4) is 0 Å². The Morgan fingerprint density at radius 1 is 0.643 bits per heavy atom. The number of hydrogen-bond donors (Lipinski definition) is 0. The van der Waals surface area contributed by atoms with E-state index in [0.717, 1.165) is 32.1 Å². The first kappa shape index (κ1) is 26.9. The van der Waals surface area contributed by atoms with Crippen molar-refractivity contribution in [3.8, 4) is 0 Å². The Morgan fingerprint density at radius 2 is 1.18 bits per heavy atom. The molecule has 0 aliphatic carbocycles. The average molecular weight is 399 g/mol. The maximum atomic E-state index is 11.8. The van der Waals surface area contributed by atoms with E-state index in [1.165, 1.54) is 57.8 Å². The van der Waals surface area contributed by atoms with Gasteiger partial charge in [0, 0.05) is 12.8 Å². The van der Waals surface area contributed by atoms with E-state index >= 15 is 0 Å². The highest BCUT2D eigenvalue weighted by Gasteiger charge is 2.12. The molecule has 0 aromatic carbocycles. The van der Waals surface area contributed by atoms with Crippen LogP contribution in [0.2, 0.25) is 0 Å².